The minimum absolute atomic E-state index is 0.0113. The second kappa shape index (κ2) is 8.31. The molecule has 1 heterocycles. The minimum Gasteiger partial charge on any atom is -0.484 e. The summed E-state index contributed by atoms with van der Waals surface area (Å²) in [5.41, 5.74) is 0.671. The van der Waals surface area contributed by atoms with E-state index in [1.165, 1.54) is 12.1 Å². The number of hydrogen-bond acceptors (Lipinski definition) is 3. The molecule has 3 aromatic rings. The Balaban J connectivity index is 1.26. The molecule has 0 spiro atoms. The number of nitrogens with one attached hydrogen (secondary N) is 1. The monoisotopic (exact) mass is 392 g/mol. The van der Waals surface area contributed by atoms with Crippen molar-refractivity contribution >= 4 is 28.3 Å². The van der Waals surface area contributed by atoms with Crippen LogP contribution in [-0.2, 0) is 9.59 Å². The van der Waals surface area contributed by atoms with Crippen LogP contribution in [0.5, 0.6) is 5.75 Å². The molecule has 1 aliphatic heterocycles. The summed E-state index contributed by atoms with van der Waals surface area (Å²) in [5, 5.41) is 4.99. The molecule has 1 unspecified atom stereocenters. The van der Waals surface area contributed by atoms with Gasteiger partial charge in [0.15, 0.2) is 6.61 Å². The van der Waals surface area contributed by atoms with E-state index in [1.54, 1.807) is 17.0 Å². The lowest BCUT2D eigenvalue weighted by molar-refractivity contribution is -0.123. The van der Waals surface area contributed by atoms with Gasteiger partial charge in [-0.25, -0.2) is 4.39 Å². The summed E-state index contributed by atoms with van der Waals surface area (Å²) in [7, 11) is 0. The second-order valence-corrected chi connectivity index (χ2v) is 7.15. The van der Waals surface area contributed by atoms with Crippen LogP contribution in [0.2, 0.25) is 0 Å². The Morgan fingerprint density at radius 1 is 1.07 bits per heavy atom. The Morgan fingerprint density at radius 2 is 1.83 bits per heavy atom. The summed E-state index contributed by atoms with van der Waals surface area (Å²) < 4.78 is 18.7. The standard InChI is InChI=1S/C23H21FN2O3/c24-19-6-8-20(9-7-19)26-14-16(11-23(26)28)13-25-22(27)15-29-21-10-5-17-3-1-2-4-18(17)12-21/h1-10,12,16H,11,13-15H2,(H,25,27). The average molecular weight is 392 g/mol. The van der Waals surface area contributed by atoms with Crippen molar-refractivity contribution in [2.24, 2.45) is 5.92 Å². The van der Waals surface area contributed by atoms with Gasteiger partial charge in [-0.15, -0.1) is 0 Å². The molecule has 0 aliphatic carbocycles. The van der Waals surface area contributed by atoms with Crippen LogP contribution in [0.4, 0.5) is 10.1 Å². The van der Waals surface area contributed by atoms with Crippen molar-refractivity contribution in [1.82, 2.24) is 5.32 Å². The highest BCUT2D eigenvalue weighted by Crippen LogP contribution is 2.25. The lowest BCUT2D eigenvalue weighted by atomic mass is 10.1. The molecule has 5 nitrogen and oxygen atoms in total. The molecule has 1 N–H and O–H groups in total. The fraction of sp³-hybridized carbons (Fsp3) is 0.217. The van der Waals surface area contributed by atoms with E-state index in [-0.39, 0.29) is 30.2 Å². The van der Waals surface area contributed by atoms with Gasteiger partial charge in [0.05, 0.1) is 0 Å². The van der Waals surface area contributed by atoms with Gasteiger partial charge in [0, 0.05) is 31.1 Å². The Bertz CT molecular complexity index is 1040. The van der Waals surface area contributed by atoms with Gasteiger partial charge >= 0.3 is 0 Å². The summed E-state index contributed by atoms with van der Waals surface area (Å²) in [6.45, 7) is 0.806. The summed E-state index contributed by atoms with van der Waals surface area (Å²) in [5.74, 6) is 0.0549. The van der Waals surface area contributed by atoms with Crippen molar-refractivity contribution in [2.45, 2.75) is 6.42 Å². The van der Waals surface area contributed by atoms with E-state index < -0.39 is 0 Å². The number of anilines is 1. The van der Waals surface area contributed by atoms with Crippen LogP contribution in [-0.4, -0.2) is 31.5 Å². The van der Waals surface area contributed by atoms with Gasteiger partial charge in [-0.2, -0.15) is 0 Å². The van der Waals surface area contributed by atoms with Gasteiger partial charge in [0.1, 0.15) is 11.6 Å². The van der Waals surface area contributed by atoms with Gasteiger partial charge in [-0.3, -0.25) is 9.59 Å². The number of carbonyl (C=O) groups is 2. The van der Waals surface area contributed by atoms with Crippen LogP contribution in [0.25, 0.3) is 10.8 Å². The molecule has 148 valence electrons. The van der Waals surface area contributed by atoms with Crippen LogP contribution in [0.1, 0.15) is 6.42 Å². The molecule has 0 bridgehead atoms. The number of halogens is 1. The summed E-state index contributed by atoms with van der Waals surface area (Å²) in [6.07, 6.45) is 0.350. The van der Waals surface area contributed by atoms with Crippen molar-refractivity contribution in [1.29, 1.82) is 0 Å². The largest absolute Gasteiger partial charge is 0.484 e. The predicted molar refractivity (Wildman–Crippen MR) is 109 cm³/mol. The Morgan fingerprint density at radius 3 is 2.62 bits per heavy atom. The van der Waals surface area contributed by atoms with Crippen LogP contribution in [0.3, 0.4) is 0 Å². The summed E-state index contributed by atoms with van der Waals surface area (Å²) >= 11 is 0. The zero-order valence-corrected chi connectivity index (χ0v) is 15.8. The third-order valence-corrected chi connectivity index (χ3v) is 5.02. The van der Waals surface area contributed by atoms with Crippen LogP contribution < -0.4 is 15.0 Å². The second-order valence-electron chi connectivity index (χ2n) is 7.15. The van der Waals surface area contributed by atoms with Crippen LogP contribution >= 0.6 is 0 Å². The van der Waals surface area contributed by atoms with Crippen molar-refractivity contribution in [3.8, 4) is 5.75 Å². The number of nitrogens with zero attached hydrogens (tertiary/aromatic N) is 1. The van der Waals surface area contributed by atoms with E-state index in [4.69, 9.17) is 4.74 Å². The predicted octanol–water partition coefficient (Wildman–Crippen LogP) is 3.53. The number of ether oxygens (including phenoxy) is 1. The molecule has 1 atom stereocenters. The molecule has 0 aromatic heterocycles. The molecule has 2 amide bonds. The molecule has 0 saturated carbocycles. The fourth-order valence-electron chi connectivity index (χ4n) is 3.50. The Kier molecular flexibility index (Phi) is 5.42. The molecular formula is C23H21FN2O3. The van der Waals surface area contributed by atoms with Gasteiger partial charge in [-0.05, 0) is 47.2 Å². The fourth-order valence-corrected chi connectivity index (χ4v) is 3.50. The number of benzene rings is 3. The number of amides is 2. The number of carbonyl (C=O) groups excluding carboxylic acids is 2. The summed E-state index contributed by atoms with van der Waals surface area (Å²) in [4.78, 5) is 26.0. The van der Waals surface area contributed by atoms with Gasteiger partial charge in [0.25, 0.3) is 5.91 Å². The van der Waals surface area contributed by atoms with Crippen molar-refractivity contribution in [3.05, 3.63) is 72.5 Å². The van der Waals surface area contributed by atoms with E-state index in [1.807, 2.05) is 42.5 Å². The Labute approximate surface area is 168 Å². The van der Waals surface area contributed by atoms with E-state index in [2.05, 4.69) is 5.32 Å². The van der Waals surface area contributed by atoms with E-state index in [9.17, 15) is 14.0 Å². The summed E-state index contributed by atoms with van der Waals surface area (Å²) in [6, 6.07) is 19.5. The maximum atomic E-state index is 13.1. The molecule has 1 aliphatic rings. The van der Waals surface area contributed by atoms with Gasteiger partial charge in [-0.1, -0.05) is 30.3 Å². The number of rotatable bonds is 6. The molecule has 4 rings (SSSR count). The lowest BCUT2D eigenvalue weighted by Gasteiger charge is -2.17. The maximum absolute atomic E-state index is 13.1. The third-order valence-electron chi connectivity index (χ3n) is 5.02. The lowest BCUT2D eigenvalue weighted by Crippen LogP contribution is -2.34. The molecule has 1 fully saturated rings. The topological polar surface area (TPSA) is 58.6 Å². The first kappa shape index (κ1) is 18.9. The molecular weight excluding hydrogens is 371 g/mol. The first-order chi connectivity index (χ1) is 14.1. The van der Waals surface area contributed by atoms with Crippen LogP contribution in [0, 0.1) is 11.7 Å². The quantitative estimate of drug-likeness (QED) is 0.698. The normalized spacial score (nSPS) is 16.2. The first-order valence-electron chi connectivity index (χ1n) is 9.53. The minimum atomic E-state index is -0.337. The zero-order valence-electron chi connectivity index (χ0n) is 15.8. The smallest absolute Gasteiger partial charge is 0.257 e. The third kappa shape index (κ3) is 4.54. The van der Waals surface area contributed by atoms with Crippen molar-refractivity contribution < 1.29 is 18.7 Å². The average Bonchev–Trinajstić information content (AvgIpc) is 3.11. The highest BCUT2D eigenvalue weighted by molar-refractivity contribution is 5.95. The first-order valence-corrected chi connectivity index (χ1v) is 9.53. The molecule has 3 aromatic carbocycles. The Hall–Kier alpha value is -3.41. The van der Waals surface area contributed by atoms with Crippen LogP contribution in [0.15, 0.2) is 66.7 Å². The molecule has 0 radical (unpaired) electrons. The highest BCUT2D eigenvalue weighted by atomic mass is 19.1. The molecule has 1 saturated heterocycles. The zero-order chi connectivity index (χ0) is 20.2. The molecule has 29 heavy (non-hydrogen) atoms. The highest BCUT2D eigenvalue weighted by Gasteiger charge is 2.30. The number of hydrogen-bond donors (Lipinski definition) is 1. The molecule has 6 heteroatoms. The SMILES string of the molecule is O=C(COc1ccc2ccccc2c1)NCC1CC(=O)N(c2ccc(F)cc2)C1. The van der Waals surface area contributed by atoms with Crippen molar-refractivity contribution in [2.75, 3.05) is 24.6 Å². The van der Waals surface area contributed by atoms with Crippen molar-refractivity contribution in [3.63, 3.8) is 0 Å². The van der Waals surface area contributed by atoms with E-state index in [0.29, 0.717) is 30.9 Å². The maximum Gasteiger partial charge on any atom is 0.257 e. The van der Waals surface area contributed by atoms with Gasteiger partial charge < -0.3 is 15.0 Å². The van der Waals surface area contributed by atoms with Gasteiger partial charge in [0.2, 0.25) is 5.91 Å². The number of fused-ring (bicyclic) bond motifs is 1. The van der Waals surface area contributed by atoms with E-state index in [0.717, 1.165) is 10.8 Å². The van der Waals surface area contributed by atoms with E-state index >= 15 is 0 Å².